The fourth-order valence-electron chi connectivity index (χ4n) is 19.9. The van der Waals surface area contributed by atoms with Crippen LogP contribution in [0.25, 0.3) is 235 Å². The molecule has 127 heavy (non-hydrogen) atoms. The highest BCUT2D eigenvalue weighted by atomic mass is 32.1. The first kappa shape index (κ1) is 78.3. The Hall–Kier alpha value is -14.7. The molecule has 0 saturated heterocycles. The minimum Gasteiger partial charge on any atom is -0.355 e. The van der Waals surface area contributed by atoms with E-state index in [0.717, 1.165) is 282 Å². The van der Waals surface area contributed by atoms with Crippen LogP contribution >= 0.6 is 11.3 Å². The predicted molar refractivity (Wildman–Crippen MR) is 539 cm³/mol. The SMILES string of the molecule is CCC1=C(C)c2cc3[nH]c(c(C)c3C)c(-c3cccc4c3sc3c(-c5c6nc(c(-c7ccc(CC)cc7)c7ccc([nH]7)c(-c7c8nc(c(-c9ccc(CC)cc9)c9ccc(cc%10nc(c(-c%11ccc(CC)cc%11)c%11ccc7[nH]%11)C=C%10)[nH]9)C=C8)c7nc(c(-c8ccc(CC)cc8)c8ccc5[nH]8)C=C7)C=C6)cccc34)c3nc(cc4[nH]c(cc1n2)c(CC)c4C)C(C)=C3C. The van der Waals surface area contributed by atoms with Gasteiger partial charge in [0.05, 0.1) is 73.8 Å². The number of benzene rings is 6. The first-order chi connectivity index (χ1) is 62.1. The van der Waals surface area contributed by atoms with Gasteiger partial charge in [-0.2, -0.15) is 0 Å². The minimum absolute atomic E-state index is 0.758. The molecule has 6 aromatic carbocycles. The Balaban J connectivity index is 0.831. The Bertz CT molecular complexity index is 8070. The van der Waals surface area contributed by atoms with Gasteiger partial charge in [0, 0.05) is 136 Å². The molecule has 0 radical (unpaired) electrons. The molecule has 0 unspecified atom stereocenters. The predicted octanol–water partition coefficient (Wildman–Crippen LogP) is 30.3. The molecule has 6 N–H and O–H groups in total. The second kappa shape index (κ2) is 31.2. The first-order valence-electron chi connectivity index (χ1n) is 44.8. The molecule has 6 aliphatic rings. The van der Waals surface area contributed by atoms with Gasteiger partial charge in [0.1, 0.15) is 0 Å². The second-order valence-electron chi connectivity index (χ2n) is 34.3. The summed E-state index contributed by atoms with van der Waals surface area (Å²) in [6.45, 7) is 26.8. The van der Waals surface area contributed by atoms with Crippen LogP contribution in [0.4, 0.5) is 0 Å². The Labute approximate surface area is 742 Å². The molecule has 10 aromatic heterocycles. The fraction of sp³-hybridized carbons (Fsp3) is 0.158. The Morgan fingerprint density at radius 1 is 0.268 bits per heavy atom. The van der Waals surface area contributed by atoms with Crippen LogP contribution in [0.5, 0.6) is 0 Å². The molecular formula is C114H96N12S. The van der Waals surface area contributed by atoms with Crippen LogP contribution in [-0.4, -0.2) is 59.8 Å². The highest BCUT2D eigenvalue weighted by Gasteiger charge is 2.29. The summed E-state index contributed by atoms with van der Waals surface area (Å²) in [6.07, 6.45) is 22.9. The monoisotopic (exact) mass is 1660 g/mol. The van der Waals surface area contributed by atoms with Gasteiger partial charge in [-0.15, -0.1) is 11.3 Å². The van der Waals surface area contributed by atoms with Crippen LogP contribution in [0.3, 0.4) is 0 Å². The molecule has 0 atom stereocenters. The molecule has 16 heterocycles. The Kier molecular flexibility index (Phi) is 19.3. The largest absolute Gasteiger partial charge is 0.355 e. The fourth-order valence-corrected chi connectivity index (χ4v) is 21.2. The third-order valence-electron chi connectivity index (χ3n) is 27.3. The van der Waals surface area contributed by atoms with Crippen LogP contribution < -0.4 is 0 Å². The van der Waals surface area contributed by atoms with Crippen LogP contribution in [0.15, 0.2) is 206 Å². The van der Waals surface area contributed by atoms with Crippen molar-refractivity contribution in [2.45, 2.75) is 122 Å². The highest BCUT2D eigenvalue weighted by Crippen LogP contribution is 2.51. The van der Waals surface area contributed by atoms with Gasteiger partial charge in [-0.25, -0.2) is 29.9 Å². The number of rotatable bonds is 13. The summed E-state index contributed by atoms with van der Waals surface area (Å²) in [6, 6.07) is 76.3. The van der Waals surface area contributed by atoms with Gasteiger partial charge >= 0.3 is 0 Å². The molecule has 618 valence electrons. The maximum atomic E-state index is 6.02. The summed E-state index contributed by atoms with van der Waals surface area (Å²) < 4.78 is 2.31. The number of fused-ring (bicyclic) bond motifs is 27. The average Bonchev–Trinajstić information content (AvgIpc) is 1.57. The Morgan fingerprint density at radius 2 is 0.654 bits per heavy atom. The Morgan fingerprint density at radius 3 is 1.12 bits per heavy atom. The summed E-state index contributed by atoms with van der Waals surface area (Å²) >= 11 is 1.84. The summed E-state index contributed by atoms with van der Waals surface area (Å²) in [4.78, 5) is 58.9. The number of nitrogens with one attached hydrogen (secondary N) is 6. The number of allylic oxidation sites excluding steroid dienone is 4. The molecule has 0 amide bonds. The first-order valence-corrected chi connectivity index (χ1v) is 45.6. The topological polar surface area (TPSA) is 172 Å². The van der Waals surface area contributed by atoms with Crippen molar-refractivity contribution >= 4 is 169 Å². The number of aryl methyl sites for hydroxylation is 8. The van der Waals surface area contributed by atoms with Gasteiger partial charge in [-0.05, 0) is 291 Å². The lowest BCUT2D eigenvalue weighted by Crippen LogP contribution is -1.93. The van der Waals surface area contributed by atoms with E-state index in [1.807, 2.05) is 11.3 Å². The minimum atomic E-state index is 0.758. The number of nitrogens with zero attached hydrogens (tertiary/aromatic N) is 6. The summed E-state index contributed by atoms with van der Waals surface area (Å²) in [5, 5.41) is 2.32. The third kappa shape index (κ3) is 13.2. The van der Waals surface area contributed by atoms with Crippen molar-refractivity contribution in [1.29, 1.82) is 0 Å². The number of H-pyrrole nitrogens is 6. The maximum absolute atomic E-state index is 6.02. The number of hydrogen-bond acceptors (Lipinski definition) is 7. The van der Waals surface area contributed by atoms with E-state index in [0.29, 0.717) is 0 Å². The van der Waals surface area contributed by atoms with Crippen molar-refractivity contribution in [3.05, 3.63) is 319 Å². The van der Waals surface area contributed by atoms with E-state index in [-0.39, 0.29) is 0 Å². The van der Waals surface area contributed by atoms with E-state index >= 15 is 0 Å². The van der Waals surface area contributed by atoms with Gasteiger partial charge < -0.3 is 29.9 Å². The van der Waals surface area contributed by atoms with Gasteiger partial charge in [0.2, 0.25) is 0 Å². The molecule has 0 spiro atoms. The van der Waals surface area contributed by atoms with E-state index in [4.69, 9.17) is 29.9 Å². The van der Waals surface area contributed by atoms with E-state index in [1.54, 1.807) is 0 Å². The van der Waals surface area contributed by atoms with Crippen LogP contribution in [0, 0.1) is 20.8 Å². The lowest BCUT2D eigenvalue weighted by atomic mass is 9.95. The quantitative estimate of drug-likeness (QED) is 0.0671. The molecule has 12 nitrogen and oxygen atoms in total. The number of hydrogen-bond donors (Lipinski definition) is 6. The van der Waals surface area contributed by atoms with Crippen molar-refractivity contribution in [3.63, 3.8) is 0 Å². The highest BCUT2D eigenvalue weighted by molar-refractivity contribution is 7.27. The van der Waals surface area contributed by atoms with E-state index in [9.17, 15) is 0 Å². The molecule has 16 aromatic rings. The van der Waals surface area contributed by atoms with Gasteiger partial charge in [-0.1, -0.05) is 175 Å². The number of aromatic amines is 6. The standard InChI is InChI=1S/C114H96N12S/c1-13-67-25-33-71(34-26-67)103-83-43-41-75(115-83)57-76-42-44-84(116-76)104(72-35-27-68(14-2)28-36-72)86-48-54-94(120-86)109(93-53-47-85(103)119-93)110-95-55-49-89(121-95)105(73-37-29-69(15-3)30-38-73)87-45-51-91(117-87)107(92-52-46-88(118-92)106(90-50-56-96(110)122-90)74-39-31-70(16-4)32-40-74)81-23-19-21-79-80-22-20-24-82(114(80)127-113(79)81)108-111-63(9)61(7)97(125-111)58-99-65(11)77(17-5)101(123-99)60-102-78(18-6)66(12)100(124-102)59-98-62(8)64(10)112(108)126-98/h19-60,115,117,120,122-123,126H,13-18H2,1-12H3. The molecule has 24 bridgehead atoms. The van der Waals surface area contributed by atoms with E-state index in [2.05, 4.69) is 368 Å². The number of aromatic nitrogens is 12. The molecule has 13 heteroatoms. The zero-order valence-corrected chi connectivity index (χ0v) is 74.4. The van der Waals surface area contributed by atoms with Crippen LogP contribution in [0.1, 0.15) is 182 Å². The van der Waals surface area contributed by atoms with E-state index in [1.165, 1.54) is 55.7 Å². The van der Waals surface area contributed by atoms with Crippen molar-refractivity contribution in [1.82, 2.24) is 59.8 Å². The van der Waals surface area contributed by atoms with Crippen molar-refractivity contribution in [2.24, 2.45) is 0 Å². The summed E-state index contributed by atoms with van der Waals surface area (Å²) in [5.41, 5.74) is 50.5. The molecule has 0 saturated carbocycles. The molecule has 6 aliphatic heterocycles. The van der Waals surface area contributed by atoms with Crippen LogP contribution in [-0.2, 0) is 32.1 Å². The van der Waals surface area contributed by atoms with Crippen molar-refractivity contribution in [3.8, 4) is 77.9 Å². The average molecular weight is 1670 g/mol. The molecule has 0 aliphatic carbocycles. The van der Waals surface area contributed by atoms with Gasteiger partial charge in [0.15, 0.2) is 0 Å². The molecule has 22 rings (SSSR count). The lowest BCUT2D eigenvalue weighted by Gasteiger charge is -2.09. The summed E-state index contributed by atoms with van der Waals surface area (Å²) in [5.74, 6) is 0. The van der Waals surface area contributed by atoms with Crippen molar-refractivity contribution in [2.75, 3.05) is 0 Å². The summed E-state index contributed by atoms with van der Waals surface area (Å²) in [7, 11) is 0. The van der Waals surface area contributed by atoms with Gasteiger partial charge in [0.25, 0.3) is 0 Å². The number of thiophene rings is 1. The molecule has 0 fully saturated rings. The maximum Gasteiger partial charge on any atom is 0.0769 e. The van der Waals surface area contributed by atoms with Crippen LogP contribution in [0.2, 0.25) is 0 Å². The zero-order valence-electron chi connectivity index (χ0n) is 73.6. The van der Waals surface area contributed by atoms with E-state index < -0.39 is 0 Å². The normalized spacial score (nSPS) is 13.0. The zero-order chi connectivity index (χ0) is 86.3. The second-order valence-corrected chi connectivity index (χ2v) is 35.4. The van der Waals surface area contributed by atoms with Crippen molar-refractivity contribution < 1.29 is 0 Å². The molecular weight excluding hydrogens is 1570 g/mol. The van der Waals surface area contributed by atoms with Gasteiger partial charge in [-0.3, -0.25) is 0 Å². The smallest absolute Gasteiger partial charge is 0.0769 e. The third-order valence-corrected chi connectivity index (χ3v) is 28.5. The lowest BCUT2D eigenvalue weighted by molar-refractivity contribution is 1.14.